The van der Waals surface area contributed by atoms with Crippen molar-refractivity contribution in [1.82, 2.24) is 9.36 Å². The van der Waals surface area contributed by atoms with Gasteiger partial charge in [0.2, 0.25) is 0 Å². The summed E-state index contributed by atoms with van der Waals surface area (Å²) >= 11 is 1.72. The Morgan fingerprint density at radius 1 is 1.17 bits per heavy atom. The van der Waals surface area contributed by atoms with Gasteiger partial charge in [0.25, 0.3) is 0 Å². The molecule has 30 heavy (non-hydrogen) atoms. The summed E-state index contributed by atoms with van der Waals surface area (Å²) in [6, 6.07) is 3.61. The molecular weight excluding hydrogens is 433 g/mol. The maximum Gasteiger partial charge on any atom is 0.427 e. The number of benzene rings is 1. The van der Waals surface area contributed by atoms with Gasteiger partial charge in [0.15, 0.2) is 0 Å². The van der Waals surface area contributed by atoms with E-state index in [2.05, 4.69) is 9.36 Å². The zero-order valence-electron chi connectivity index (χ0n) is 17.0. The van der Waals surface area contributed by atoms with Crippen molar-refractivity contribution >= 4 is 28.7 Å². The van der Waals surface area contributed by atoms with E-state index in [0.29, 0.717) is 35.1 Å². The molecule has 0 fully saturated rings. The zero-order chi connectivity index (χ0) is 22.1. The van der Waals surface area contributed by atoms with Crippen LogP contribution in [0.4, 0.5) is 13.2 Å². The van der Waals surface area contributed by atoms with Crippen molar-refractivity contribution in [1.29, 1.82) is 0 Å². The summed E-state index contributed by atoms with van der Waals surface area (Å²) in [7, 11) is 0. The summed E-state index contributed by atoms with van der Waals surface area (Å²) < 4.78 is 50.4. The number of ketones is 1. The second kappa shape index (κ2) is 8.85. The van der Waals surface area contributed by atoms with E-state index in [9.17, 15) is 18.0 Å². The van der Waals surface area contributed by atoms with Crippen molar-refractivity contribution in [3.8, 4) is 16.5 Å². The Hall–Kier alpha value is -2.26. The standard InChI is InChI=1S/C21H21F3N2O2S2/c1-11(27)5-6-15-7-8-17(14(4)13(15)3)28-10-16-18(20-25-9-12(2)29-20)26-30-19(16)21(22,23)24/h7-9H,5-6,10H2,1-4H3. The molecule has 0 unspecified atom stereocenters. The number of carbonyl (C=O) groups is 1. The minimum absolute atomic E-state index is 0.000408. The van der Waals surface area contributed by atoms with Crippen molar-refractivity contribution < 1.29 is 22.7 Å². The largest absolute Gasteiger partial charge is 0.488 e. The molecule has 0 amide bonds. The zero-order valence-corrected chi connectivity index (χ0v) is 18.6. The average molecular weight is 455 g/mol. The van der Waals surface area contributed by atoms with E-state index in [1.54, 1.807) is 19.2 Å². The molecule has 0 aliphatic rings. The maximum atomic E-state index is 13.5. The number of hydrogen-bond acceptors (Lipinski definition) is 6. The fourth-order valence-corrected chi connectivity index (χ4v) is 4.63. The van der Waals surface area contributed by atoms with E-state index in [-0.39, 0.29) is 23.6 Å². The molecule has 2 heterocycles. The third-order valence-corrected chi connectivity index (χ3v) is 6.69. The molecule has 1 aromatic carbocycles. The normalized spacial score (nSPS) is 11.7. The fraction of sp³-hybridized carbons (Fsp3) is 0.381. The predicted octanol–water partition coefficient (Wildman–Crippen LogP) is 6.31. The Morgan fingerprint density at radius 3 is 2.50 bits per heavy atom. The lowest BCUT2D eigenvalue weighted by Gasteiger charge is -2.15. The summed E-state index contributed by atoms with van der Waals surface area (Å²) in [5.74, 6) is 0.627. The van der Waals surface area contributed by atoms with Gasteiger partial charge in [0.05, 0.1) is 0 Å². The Morgan fingerprint density at radius 2 is 1.90 bits per heavy atom. The first-order valence-electron chi connectivity index (χ1n) is 9.27. The molecule has 0 bridgehead atoms. The van der Waals surface area contributed by atoms with Gasteiger partial charge in [-0.25, -0.2) is 4.98 Å². The van der Waals surface area contributed by atoms with Gasteiger partial charge < -0.3 is 9.53 Å². The number of nitrogens with zero attached hydrogens (tertiary/aromatic N) is 2. The Kier molecular flexibility index (Phi) is 6.62. The van der Waals surface area contributed by atoms with Gasteiger partial charge in [-0.15, -0.1) is 11.3 Å². The maximum absolute atomic E-state index is 13.5. The number of halogens is 3. The van der Waals surface area contributed by atoms with Gasteiger partial charge in [-0.1, -0.05) is 6.07 Å². The lowest BCUT2D eigenvalue weighted by atomic mass is 9.98. The van der Waals surface area contributed by atoms with Gasteiger partial charge in [0, 0.05) is 23.1 Å². The lowest BCUT2D eigenvalue weighted by molar-refractivity contribution is -0.135. The predicted molar refractivity (Wildman–Crippen MR) is 112 cm³/mol. The molecule has 0 radical (unpaired) electrons. The minimum atomic E-state index is -4.51. The molecule has 4 nitrogen and oxygen atoms in total. The highest BCUT2D eigenvalue weighted by Gasteiger charge is 2.38. The van der Waals surface area contributed by atoms with Crippen LogP contribution in [-0.4, -0.2) is 15.1 Å². The number of Topliss-reactive ketones (excluding diaryl/α,β-unsaturated/α-hetero) is 1. The van der Waals surface area contributed by atoms with Crippen molar-refractivity contribution in [2.45, 2.75) is 53.3 Å². The van der Waals surface area contributed by atoms with Crippen LogP contribution >= 0.6 is 22.9 Å². The van der Waals surface area contributed by atoms with Crippen LogP contribution < -0.4 is 4.74 Å². The molecule has 3 aromatic rings. The van der Waals surface area contributed by atoms with Crippen LogP contribution in [0.5, 0.6) is 5.75 Å². The number of hydrogen-bond donors (Lipinski definition) is 0. The smallest absolute Gasteiger partial charge is 0.427 e. The van der Waals surface area contributed by atoms with Gasteiger partial charge in [0.1, 0.15) is 33.7 Å². The summed E-state index contributed by atoms with van der Waals surface area (Å²) in [5.41, 5.74) is 3.07. The fourth-order valence-electron chi connectivity index (χ4n) is 3.04. The summed E-state index contributed by atoms with van der Waals surface area (Å²) in [4.78, 5) is 15.6. The third kappa shape index (κ3) is 4.89. The van der Waals surface area contributed by atoms with E-state index < -0.39 is 11.1 Å². The number of aromatic nitrogens is 2. The van der Waals surface area contributed by atoms with Crippen LogP contribution in [0.15, 0.2) is 18.3 Å². The Labute approximate surface area is 180 Å². The quantitative estimate of drug-likeness (QED) is 0.420. The summed E-state index contributed by atoms with van der Waals surface area (Å²) in [6.07, 6.45) is -1.82. The monoisotopic (exact) mass is 454 g/mol. The van der Waals surface area contributed by atoms with Crippen LogP contribution in [0.25, 0.3) is 10.7 Å². The van der Waals surface area contributed by atoms with Crippen LogP contribution in [0.2, 0.25) is 0 Å². The van der Waals surface area contributed by atoms with Gasteiger partial charge >= 0.3 is 6.18 Å². The van der Waals surface area contributed by atoms with Crippen LogP contribution in [0.3, 0.4) is 0 Å². The molecular formula is C21H21F3N2O2S2. The van der Waals surface area contributed by atoms with E-state index >= 15 is 0 Å². The first-order valence-corrected chi connectivity index (χ1v) is 10.9. The molecule has 0 spiro atoms. The molecule has 3 rings (SSSR count). The third-order valence-electron chi connectivity index (χ3n) is 4.84. The number of rotatable bonds is 7. The number of aryl methyl sites for hydroxylation is 2. The molecule has 0 N–H and O–H groups in total. The molecule has 0 saturated heterocycles. The van der Waals surface area contributed by atoms with Crippen LogP contribution in [0, 0.1) is 20.8 Å². The van der Waals surface area contributed by atoms with Gasteiger partial charge in [-0.2, -0.15) is 17.5 Å². The van der Waals surface area contributed by atoms with E-state index in [1.165, 1.54) is 11.3 Å². The Balaban J connectivity index is 1.89. The highest BCUT2D eigenvalue weighted by atomic mass is 32.1. The van der Waals surface area contributed by atoms with Crippen LogP contribution in [-0.2, 0) is 24.0 Å². The topological polar surface area (TPSA) is 52.1 Å². The number of ether oxygens (including phenoxy) is 1. The van der Waals surface area contributed by atoms with E-state index in [0.717, 1.165) is 21.6 Å². The van der Waals surface area contributed by atoms with E-state index in [4.69, 9.17) is 4.74 Å². The Bertz CT molecular complexity index is 1070. The van der Waals surface area contributed by atoms with E-state index in [1.807, 2.05) is 26.8 Å². The van der Waals surface area contributed by atoms with Gasteiger partial charge in [-0.05, 0) is 68.4 Å². The minimum Gasteiger partial charge on any atom is -0.488 e. The van der Waals surface area contributed by atoms with Crippen LogP contribution in [0.1, 0.15) is 45.4 Å². The summed E-state index contributed by atoms with van der Waals surface area (Å²) in [6.45, 7) is 6.92. The molecule has 0 aliphatic carbocycles. The second-order valence-electron chi connectivity index (χ2n) is 7.08. The van der Waals surface area contributed by atoms with Crippen molar-refractivity contribution in [2.75, 3.05) is 0 Å². The molecule has 0 saturated carbocycles. The molecule has 2 aromatic heterocycles. The average Bonchev–Trinajstić information content (AvgIpc) is 3.27. The summed E-state index contributed by atoms with van der Waals surface area (Å²) in [5, 5.41) is 0.449. The number of thiazole rings is 1. The SMILES string of the molecule is CC(=O)CCc1ccc(OCc2c(-c3ncc(C)s3)nsc2C(F)(F)F)c(C)c1C. The highest BCUT2D eigenvalue weighted by Crippen LogP contribution is 2.41. The highest BCUT2D eigenvalue weighted by molar-refractivity contribution is 7.15. The van der Waals surface area contributed by atoms with Crippen molar-refractivity contribution in [3.63, 3.8) is 0 Å². The molecule has 160 valence electrons. The molecule has 0 atom stereocenters. The molecule has 0 aliphatic heterocycles. The van der Waals surface area contributed by atoms with Crippen molar-refractivity contribution in [2.24, 2.45) is 0 Å². The molecule has 9 heteroatoms. The van der Waals surface area contributed by atoms with Crippen molar-refractivity contribution in [3.05, 3.63) is 50.3 Å². The number of carbonyl (C=O) groups excluding carboxylic acids is 1. The first kappa shape index (κ1) is 22.4. The second-order valence-corrected chi connectivity index (χ2v) is 9.08. The van der Waals surface area contributed by atoms with Gasteiger partial charge in [-0.3, -0.25) is 0 Å². The lowest BCUT2D eigenvalue weighted by Crippen LogP contribution is -2.09. The first-order chi connectivity index (χ1) is 14.1. The number of alkyl halides is 3.